The summed E-state index contributed by atoms with van der Waals surface area (Å²) in [5, 5.41) is 2.72. The molecule has 0 fully saturated rings. The smallest absolute Gasteiger partial charge is 0.277 e. The fourth-order valence-electron chi connectivity index (χ4n) is 1.87. The van der Waals surface area contributed by atoms with Crippen molar-refractivity contribution >= 4 is 11.7 Å². The summed E-state index contributed by atoms with van der Waals surface area (Å²) in [5.74, 6) is 0.146. The summed E-state index contributed by atoms with van der Waals surface area (Å²) in [5.41, 5.74) is 2.05. The Morgan fingerprint density at radius 1 is 0.952 bits per heavy atom. The minimum absolute atomic E-state index is 0.254. The quantitative estimate of drug-likeness (QED) is 0.798. The van der Waals surface area contributed by atoms with Gasteiger partial charge in [0.1, 0.15) is 11.5 Å². The first-order valence-corrected chi connectivity index (χ1v) is 6.43. The van der Waals surface area contributed by atoms with Gasteiger partial charge in [-0.2, -0.15) is 0 Å². The summed E-state index contributed by atoms with van der Waals surface area (Å²) < 4.78 is 0. The van der Waals surface area contributed by atoms with E-state index in [-0.39, 0.29) is 11.6 Å². The van der Waals surface area contributed by atoms with Crippen molar-refractivity contribution in [1.82, 2.24) is 15.0 Å². The number of hydrogen-bond acceptors (Lipinski definition) is 4. The second-order valence-electron chi connectivity index (χ2n) is 4.32. The molecule has 3 rings (SSSR count). The average Bonchev–Trinajstić information content (AvgIpc) is 2.57. The molecule has 1 aromatic carbocycles. The number of rotatable bonds is 3. The van der Waals surface area contributed by atoms with Crippen LogP contribution in [0, 0.1) is 0 Å². The lowest BCUT2D eigenvalue weighted by molar-refractivity contribution is 0.102. The molecule has 0 saturated heterocycles. The minimum atomic E-state index is -0.333. The predicted octanol–water partition coefficient (Wildman–Crippen LogP) is 2.79. The number of carbonyl (C=O) groups is 1. The van der Waals surface area contributed by atoms with Crippen LogP contribution < -0.4 is 5.32 Å². The Balaban J connectivity index is 1.83. The number of amides is 1. The van der Waals surface area contributed by atoms with E-state index >= 15 is 0 Å². The molecule has 0 saturated carbocycles. The van der Waals surface area contributed by atoms with Crippen LogP contribution in [0.15, 0.2) is 67.1 Å². The molecule has 5 nitrogen and oxygen atoms in total. The summed E-state index contributed by atoms with van der Waals surface area (Å²) in [4.78, 5) is 24.3. The normalized spacial score (nSPS) is 10.1. The number of benzene rings is 1. The van der Waals surface area contributed by atoms with E-state index in [1.807, 2.05) is 42.5 Å². The molecule has 2 heterocycles. The number of anilines is 1. The van der Waals surface area contributed by atoms with Crippen molar-refractivity contribution in [2.45, 2.75) is 0 Å². The van der Waals surface area contributed by atoms with E-state index in [4.69, 9.17) is 0 Å². The van der Waals surface area contributed by atoms with Gasteiger partial charge in [0.05, 0.1) is 11.9 Å². The molecule has 102 valence electrons. The van der Waals surface area contributed by atoms with Crippen molar-refractivity contribution < 1.29 is 4.79 Å². The number of nitrogens with one attached hydrogen (secondary N) is 1. The summed E-state index contributed by atoms with van der Waals surface area (Å²) >= 11 is 0. The molecule has 3 aromatic rings. The third-order valence-corrected chi connectivity index (χ3v) is 2.86. The Hall–Kier alpha value is -3.08. The van der Waals surface area contributed by atoms with Gasteiger partial charge in [0, 0.05) is 18.0 Å². The van der Waals surface area contributed by atoms with Crippen molar-refractivity contribution in [3.63, 3.8) is 0 Å². The maximum absolute atomic E-state index is 12.0. The van der Waals surface area contributed by atoms with Gasteiger partial charge in [-0.3, -0.25) is 9.78 Å². The van der Waals surface area contributed by atoms with Crippen LogP contribution in [0.1, 0.15) is 10.5 Å². The van der Waals surface area contributed by atoms with E-state index in [9.17, 15) is 4.79 Å². The molecular formula is C16H12N4O. The first-order chi connectivity index (χ1) is 10.3. The van der Waals surface area contributed by atoms with Gasteiger partial charge in [-0.05, 0) is 12.1 Å². The number of hydrogen-bond donors (Lipinski definition) is 1. The monoisotopic (exact) mass is 276 g/mol. The molecule has 1 amide bonds. The highest BCUT2D eigenvalue weighted by Crippen LogP contribution is 2.18. The van der Waals surface area contributed by atoms with E-state index < -0.39 is 0 Å². The van der Waals surface area contributed by atoms with Gasteiger partial charge >= 0.3 is 0 Å². The summed E-state index contributed by atoms with van der Waals surface area (Å²) in [6.07, 6.45) is 4.41. The Morgan fingerprint density at radius 2 is 1.81 bits per heavy atom. The zero-order chi connectivity index (χ0) is 14.5. The topological polar surface area (TPSA) is 67.8 Å². The number of aromatic nitrogens is 3. The van der Waals surface area contributed by atoms with Crippen LogP contribution in [0.4, 0.5) is 5.82 Å². The Bertz CT molecular complexity index is 744. The fourth-order valence-corrected chi connectivity index (χ4v) is 1.87. The molecule has 5 heteroatoms. The van der Waals surface area contributed by atoms with Crippen molar-refractivity contribution in [2.24, 2.45) is 0 Å². The van der Waals surface area contributed by atoms with Gasteiger partial charge in [0.2, 0.25) is 0 Å². The van der Waals surface area contributed by atoms with E-state index in [0.29, 0.717) is 5.82 Å². The second kappa shape index (κ2) is 5.92. The zero-order valence-corrected chi connectivity index (χ0v) is 11.1. The lowest BCUT2D eigenvalue weighted by Gasteiger charge is -2.06. The van der Waals surface area contributed by atoms with E-state index in [1.54, 1.807) is 6.07 Å². The maximum Gasteiger partial charge on any atom is 0.277 e. The summed E-state index contributed by atoms with van der Waals surface area (Å²) in [6.45, 7) is 0. The molecule has 2 aromatic heterocycles. The van der Waals surface area contributed by atoms with E-state index in [0.717, 1.165) is 11.3 Å². The Morgan fingerprint density at radius 3 is 2.57 bits per heavy atom. The van der Waals surface area contributed by atoms with E-state index in [1.165, 1.54) is 18.6 Å². The Kier molecular flexibility index (Phi) is 3.64. The molecule has 0 atom stereocenters. The van der Waals surface area contributed by atoms with Gasteiger partial charge in [0.15, 0.2) is 0 Å². The standard InChI is InChI=1S/C16H12N4O/c21-16(14-11-17-9-10-18-14)20-15-8-4-7-13(19-15)12-5-2-1-3-6-12/h1-11H,(H,19,20,21). The lowest BCUT2D eigenvalue weighted by atomic mass is 10.1. The Labute approximate surface area is 121 Å². The SMILES string of the molecule is O=C(Nc1cccc(-c2ccccc2)n1)c1cnccn1. The molecule has 1 N–H and O–H groups in total. The summed E-state index contributed by atoms with van der Waals surface area (Å²) in [6, 6.07) is 15.3. The first-order valence-electron chi connectivity index (χ1n) is 6.43. The van der Waals surface area contributed by atoms with Crippen LogP contribution in [0.3, 0.4) is 0 Å². The second-order valence-corrected chi connectivity index (χ2v) is 4.32. The highest BCUT2D eigenvalue weighted by molar-refractivity contribution is 6.02. The van der Waals surface area contributed by atoms with Gasteiger partial charge in [-0.15, -0.1) is 0 Å². The van der Waals surface area contributed by atoms with Crippen molar-refractivity contribution in [3.8, 4) is 11.3 Å². The highest BCUT2D eigenvalue weighted by atomic mass is 16.1. The minimum Gasteiger partial charge on any atom is -0.305 e. The summed E-state index contributed by atoms with van der Waals surface area (Å²) in [7, 11) is 0. The van der Waals surface area contributed by atoms with Crippen LogP contribution in [-0.2, 0) is 0 Å². The molecule has 0 spiro atoms. The number of carbonyl (C=O) groups excluding carboxylic acids is 1. The first kappa shape index (κ1) is 12.9. The van der Waals surface area contributed by atoms with Crippen molar-refractivity contribution in [1.29, 1.82) is 0 Å². The number of nitrogens with zero attached hydrogens (tertiary/aromatic N) is 3. The lowest BCUT2D eigenvalue weighted by Crippen LogP contribution is -2.14. The van der Waals surface area contributed by atoms with Gasteiger partial charge < -0.3 is 5.32 Å². The van der Waals surface area contributed by atoms with E-state index in [2.05, 4.69) is 20.3 Å². The van der Waals surface area contributed by atoms with Crippen LogP contribution >= 0.6 is 0 Å². The van der Waals surface area contributed by atoms with Gasteiger partial charge in [-0.25, -0.2) is 9.97 Å². The molecule has 0 aliphatic heterocycles. The van der Waals surface area contributed by atoms with Crippen LogP contribution in [0.25, 0.3) is 11.3 Å². The molecule has 21 heavy (non-hydrogen) atoms. The molecule has 0 aliphatic carbocycles. The molecule has 0 aliphatic rings. The maximum atomic E-state index is 12.0. The molecular weight excluding hydrogens is 264 g/mol. The molecule has 0 bridgehead atoms. The third-order valence-electron chi connectivity index (χ3n) is 2.86. The molecule has 0 unspecified atom stereocenters. The van der Waals surface area contributed by atoms with Gasteiger partial charge in [0.25, 0.3) is 5.91 Å². The zero-order valence-electron chi connectivity index (χ0n) is 11.1. The average molecular weight is 276 g/mol. The highest BCUT2D eigenvalue weighted by Gasteiger charge is 2.08. The largest absolute Gasteiger partial charge is 0.305 e. The van der Waals surface area contributed by atoms with Crippen LogP contribution in [0.5, 0.6) is 0 Å². The van der Waals surface area contributed by atoms with Crippen LogP contribution in [0.2, 0.25) is 0 Å². The van der Waals surface area contributed by atoms with Gasteiger partial charge in [-0.1, -0.05) is 36.4 Å². The predicted molar refractivity (Wildman–Crippen MR) is 79.7 cm³/mol. The van der Waals surface area contributed by atoms with Crippen LogP contribution in [-0.4, -0.2) is 20.9 Å². The number of pyridine rings is 1. The van der Waals surface area contributed by atoms with Crippen molar-refractivity contribution in [3.05, 3.63) is 72.8 Å². The fraction of sp³-hybridized carbons (Fsp3) is 0. The molecule has 0 radical (unpaired) electrons. The van der Waals surface area contributed by atoms with Crippen molar-refractivity contribution in [2.75, 3.05) is 5.32 Å². The third kappa shape index (κ3) is 3.09.